The van der Waals surface area contributed by atoms with E-state index in [4.69, 9.17) is 4.98 Å². The molecule has 4 N–H and O–H groups in total. The van der Waals surface area contributed by atoms with Crippen molar-refractivity contribution in [3.63, 3.8) is 0 Å². The fourth-order valence-corrected chi connectivity index (χ4v) is 7.64. The first-order chi connectivity index (χ1) is 16.6. The van der Waals surface area contributed by atoms with Gasteiger partial charge in [0.05, 0.1) is 31.1 Å². The maximum Gasteiger partial charge on any atom is 0.220 e. The van der Waals surface area contributed by atoms with E-state index in [0.717, 1.165) is 34.0 Å². The first-order valence-electron chi connectivity index (χ1n) is 12.7. The maximum atomic E-state index is 13.3. The number of aromatic nitrogens is 2. The van der Waals surface area contributed by atoms with E-state index in [1.54, 1.807) is 23.7 Å². The molecule has 35 heavy (non-hydrogen) atoms. The van der Waals surface area contributed by atoms with Crippen LogP contribution in [-0.4, -0.2) is 56.6 Å². The van der Waals surface area contributed by atoms with Crippen LogP contribution in [0.5, 0.6) is 0 Å². The molecule has 2 aliphatic carbocycles. The van der Waals surface area contributed by atoms with Crippen LogP contribution in [0.4, 0.5) is 0 Å². The number of carbonyl (C=O) groups excluding carboxylic acids is 1. The Morgan fingerprint density at radius 1 is 1.31 bits per heavy atom. The van der Waals surface area contributed by atoms with Gasteiger partial charge in [0.15, 0.2) is 0 Å². The van der Waals surface area contributed by atoms with Crippen molar-refractivity contribution in [1.82, 2.24) is 15.3 Å². The molecule has 1 saturated carbocycles. The Balaban J connectivity index is 1.72. The summed E-state index contributed by atoms with van der Waals surface area (Å²) in [7, 11) is 0. The summed E-state index contributed by atoms with van der Waals surface area (Å²) in [5.74, 6) is 0.145. The molecule has 8 heteroatoms. The summed E-state index contributed by atoms with van der Waals surface area (Å²) in [5, 5.41) is 35.1. The average molecular weight is 502 g/mol. The number of aliphatic hydroxyl groups is 3. The fraction of sp³-hybridized carbons (Fsp3) is 0.667. The van der Waals surface area contributed by atoms with Crippen molar-refractivity contribution in [2.24, 2.45) is 22.7 Å². The number of amides is 1. The van der Waals surface area contributed by atoms with Crippen molar-refractivity contribution in [1.29, 1.82) is 0 Å². The molecule has 0 spiro atoms. The molecular weight excluding hydrogens is 462 g/mol. The molecule has 6 atom stereocenters. The van der Waals surface area contributed by atoms with E-state index in [1.165, 1.54) is 0 Å². The molecule has 1 amide bonds. The zero-order valence-electron chi connectivity index (χ0n) is 21.2. The second kappa shape index (κ2) is 10.2. The quantitative estimate of drug-likeness (QED) is 0.440. The number of fused-ring (bicyclic) bond motifs is 2. The SMILES string of the molecule is CC(C)C[C@H](CO)NC(=O)C[C@H]1c2nc(-c3cccnc3)sc2C[C@H]2[C@](C)(CO)[C@H](O)CC[C@]21C. The number of hydrogen-bond acceptors (Lipinski definition) is 7. The Kier molecular flexibility index (Phi) is 7.67. The minimum absolute atomic E-state index is 0.0144. The lowest BCUT2D eigenvalue weighted by Gasteiger charge is -2.58. The molecule has 0 radical (unpaired) electrons. The van der Waals surface area contributed by atoms with Gasteiger partial charge in [-0.15, -0.1) is 11.3 Å². The topological polar surface area (TPSA) is 116 Å². The van der Waals surface area contributed by atoms with Gasteiger partial charge in [0, 0.05) is 40.6 Å². The molecule has 0 unspecified atom stereocenters. The van der Waals surface area contributed by atoms with Crippen molar-refractivity contribution < 1.29 is 20.1 Å². The highest BCUT2D eigenvalue weighted by atomic mass is 32.1. The lowest BCUT2D eigenvalue weighted by atomic mass is 9.47. The van der Waals surface area contributed by atoms with Crippen molar-refractivity contribution in [2.45, 2.75) is 77.9 Å². The first kappa shape index (κ1) is 26.2. The van der Waals surface area contributed by atoms with Gasteiger partial charge in [-0.25, -0.2) is 4.98 Å². The summed E-state index contributed by atoms with van der Waals surface area (Å²) in [6.45, 7) is 8.15. The highest BCUT2D eigenvalue weighted by Gasteiger charge is 2.59. The fourth-order valence-electron chi connectivity index (χ4n) is 6.48. The predicted molar refractivity (Wildman–Crippen MR) is 137 cm³/mol. The van der Waals surface area contributed by atoms with E-state index in [9.17, 15) is 20.1 Å². The molecule has 4 rings (SSSR count). The number of nitrogens with one attached hydrogen (secondary N) is 1. The van der Waals surface area contributed by atoms with Crippen LogP contribution < -0.4 is 5.32 Å². The Morgan fingerprint density at radius 2 is 2.09 bits per heavy atom. The molecule has 0 aromatic carbocycles. The average Bonchev–Trinajstić information content (AvgIpc) is 3.27. The Bertz CT molecular complexity index is 1030. The third kappa shape index (κ3) is 4.90. The molecule has 2 heterocycles. The van der Waals surface area contributed by atoms with Crippen molar-refractivity contribution in [3.05, 3.63) is 35.1 Å². The highest BCUT2D eigenvalue weighted by molar-refractivity contribution is 7.15. The van der Waals surface area contributed by atoms with Gasteiger partial charge >= 0.3 is 0 Å². The van der Waals surface area contributed by atoms with Crippen LogP contribution >= 0.6 is 11.3 Å². The summed E-state index contributed by atoms with van der Waals surface area (Å²) in [4.78, 5) is 23.7. The molecule has 2 aromatic rings. The van der Waals surface area contributed by atoms with Crippen LogP contribution in [0.15, 0.2) is 24.5 Å². The summed E-state index contributed by atoms with van der Waals surface area (Å²) < 4.78 is 0. The van der Waals surface area contributed by atoms with Gasteiger partial charge in [-0.05, 0) is 55.1 Å². The number of rotatable bonds is 8. The van der Waals surface area contributed by atoms with Gasteiger partial charge in [-0.2, -0.15) is 0 Å². The zero-order chi connectivity index (χ0) is 25.4. The van der Waals surface area contributed by atoms with Gasteiger partial charge in [-0.3, -0.25) is 9.78 Å². The Labute approximate surface area is 212 Å². The normalized spacial score (nSPS) is 31.0. The summed E-state index contributed by atoms with van der Waals surface area (Å²) in [6, 6.07) is 3.61. The van der Waals surface area contributed by atoms with Crippen LogP contribution in [0, 0.1) is 22.7 Å². The van der Waals surface area contributed by atoms with Crippen molar-refractivity contribution in [3.8, 4) is 10.6 Å². The van der Waals surface area contributed by atoms with Crippen molar-refractivity contribution in [2.75, 3.05) is 13.2 Å². The maximum absolute atomic E-state index is 13.3. The third-order valence-corrected chi connectivity index (χ3v) is 9.68. The molecule has 1 fully saturated rings. The number of pyridine rings is 1. The zero-order valence-corrected chi connectivity index (χ0v) is 22.0. The second-order valence-electron chi connectivity index (χ2n) is 11.4. The molecule has 2 aromatic heterocycles. The minimum atomic E-state index is -0.650. The van der Waals surface area contributed by atoms with Crippen LogP contribution in [0.1, 0.15) is 69.9 Å². The van der Waals surface area contributed by atoms with E-state index >= 15 is 0 Å². The van der Waals surface area contributed by atoms with E-state index in [-0.39, 0.29) is 48.8 Å². The van der Waals surface area contributed by atoms with Gasteiger partial charge in [0.1, 0.15) is 5.01 Å². The number of nitrogens with zero attached hydrogens (tertiary/aromatic N) is 2. The summed E-state index contributed by atoms with van der Waals surface area (Å²) >= 11 is 1.63. The van der Waals surface area contributed by atoms with Gasteiger partial charge in [0.25, 0.3) is 0 Å². The Hall–Kier alpha value is -1.87. The second-order valence-corrected chi connectivity index (χ2v) is 12.5. The van der Waals surface area contributed by atoms with E-state index in [1.807, 2.05) is 19.1 Å². The standard InChI is InChI=1S/C27H39N3O4S/c1-16(2)10-18(14-31)29-23(34)11-19-24-20(35-25(30-24)17-6-5-9-28-13-17)12-21-26(19,3)8-7-22(33)27(21,4)15-32/h5-6,9,13,16,18-19,21-22,31-33H,7-8,10-12,14-15H2,1-4H3,(H,29,34)/t18-,19+,21-,22-,26+,27+/m1/s1. The largest absolute Gasteiger partial charge is 0.396 e. The van der Waals surface area contributed by atoms with Crippen LogP contribution in [0.3, 0.4) is 0 Å². The van der Waals surface area contributed by atoms with Gasteiger partial charge < -0.3 is 20.6 Å². The van der Waals surface area contributed by atoms with E-state index < -0.39 is 11.5 Å². The first-order valence-corrected chi connectivity index (χ1v) is 13.5. The van der Waals surface area contributed by atoms with Crippen LogP contribution in [0.25, 0.3) is 10.6 Å². The lowest BCUT2D eigenvalue weighted by Crippen LogP contribution is -2.58. The van der Waals surface area contributed by atoms with Crippen LogP contribution in [-0.2, 0) is 11.2 Å². The monoisotopic (exact) mass is 501 g/mol. The molecule has 192 valence electrons. The molecule has 0 saturated heterocycles. The molecule has 0 aliphatic heterocycles. The van der Waals surface area contributed by atoms with Crippen molar-refractivity contribution >= 4 is 17.2 Å². The lowest BCUT2D eigenvalue weighted by molar-refractivity contribution is -0.144. The van der Waals surface area contributed by atoms with Gasteiger partial charge in [-0.1, -0.05) is 27.7 Å². The van der Waals surface area contributed by atoms with Gasteiger partial charge in [0.2, 0.25) is 5.91 Å². The molecular formula is C27H39N3O4S. The number of carbonyl (C=O) groups is 1. The smallest absolute Gasteiger partial charge is 0.220 e. The summed E-state index contributed by atoms with van der Waals surface area (Å²) in [6.07, 6.45) is 6.02. The minimum Gasteiger partial charge on any atom is -0.396 e. The molecule has 7 nitrogen and oxygen atoms in total. The summed E-state index contributed by atoms with van der Waals surface area (Å²) in [5.41, 5.74) is 0.964. The highest BCUT2D eigenvalue weighted by Crippen LogP contribution is 2.62. The number of thiazole rings is 1. The number of aliphatic hydroxyl groups excluding tert-OH is 3. The number of hydrogen-bond donors (Lipinski definition) is 4. The van der Waals surface area contributed by atoms with E-state index in [0.29, 0.717) is 18.8 Å². The van der Waals surface area contributed by atoms with Crippen LogP contribution in [0.2, 0.25) is 0 Å². The molecule has 0 bridgehead atoms. The Morgan fingerprint density at radius 3 is 2.71 bits per heavy atom. The molecule has 2 aliphatic rings. The third-order valence-electron chi connectivity index (χ3n) is 8.53. The predicted octanol–water partition coefficient (Wildman–Crippen LogP) is 3.53. The van der Waals surface area contributed by atoms with E-state index in [2.05, 4.69) is 31.1 Å².